The first-order chi connectivity index (χ1) is 5.91. The minimum atomic E-state index is -1.19. The van der Waals surface area contributed by atoms with E-state index in [1.165, 1.54) is 6.92 Å². The van der Waals surface area contributed by atoms with Crippen molar-refractivity contribution in [2.24, 2.45) is 0 Å². The molecule has 0 atom stereocenters. The summed E-state index contributed by atoms with van der Waals surface area (Å²) in [6, 6.07) is 0. The number of carboxylic acid groups (broad SMARTS) is 2. The number of aliphatic carboxylic acids is 2. The molecule has 5 heteroatoms. The van der Waals surface area contributed by atoms with Gasteiger partial charge in [-0.25, -0.2) is 0 Å². The Morgan fingerprint density at radius 2 is 1.64 bits per heavy atom. The Labute approximate surface area is 94.5 Å². The Bertz CT molecular complexity index is 177. The molecule has 0 saturated heterocycles. The van der Waals surface area contributed by atoms with E-state index >= 15 is 0 Å². The van der Waals surface area contributed by atoms with Crippen LogP contribution in [0.3, 0.4) is 0 Å². The molecule has 0 saturated carbocycles. The summed E-state index contributed by atoms with van der Waals surface area (Å²) in [6.07, 6.45) is 1.87. The quantitative estimate of drug-likeness (QED) is 0.484. The number of unbranched alkanes of at least 4 members (excludes halogenated alkanes) is 1. The van der Waals surface area contributed by atoms with Gasteiger partial charge in [0.2, 0.25) is 0 Å². The monoisotopic (exact) mass is 249 g/mol. The number of hydrogen-bond acceptors (Lipinski definition) is 4. The summed E-state index contributed by atoms with van der Waals surface area (Å²) in [5, 5.41) is 19.1. The zero-order valence-corrected chi connectivity index (χ0v) is 9.20. The fourth-order valence-electron chi connectivity index (χ4n) is 0.321. The predicted molar refractivity (Wildman–Crippen MR) is 44.4 cm³/mol. The molecule has 0 aromatic rings. The second-order valence-corrected chi connectivity index (χ2v) is 2.54. The third-order valence-electron chi connectivity index (χ3n) is 1.08. The summed E-state index contributed by atoms with van der Waals surface area (Å²) in [7, 11) is 0. The van der Waals surface area contributed by atoms with Crippen LogP contribution in [0.2, 0.25) is 0 Å². The molecule has 0 aliphatic carbocycles. The van der Waals surface area contributed by atoms with Gasteiger partial charge in [-0.1, -0.05) is 19.9 Å². The van der Waals surface area contributed by atoms with Crippen LogP contribution in [0.1, 0.15) is 33.1 Å². The Kier molecular flexibility index (Phi) is 16.5. The van der Waals surface area contributed by atoms with Gasteiger partial charge < -0.3 is 19.8 Å². The fourth-order valence-corrected chi connectivity index (χ4v) is 0.321. The molecule has 14 heavy (non-hydrogen) atoms. The molecule has 0 heterocycles. The normalized spacial score (nSPS) is 7.57. The number of carboxylic acids is 2. The van der Waals surface area contributed by atoms with E-state index in [9.17, 15) is 19.8 Å². The van der Waals surface area contributed by atoms with Crippen LogP contribution < -0.4 is 10.2 Å². The molecule has 0 unspecified atom stereocenters. The summed E-state index contributed by atoms with van der Waals surface area (Å²) < 4.78 is 0. The summed E-state index contributed by atoms with van der Waals surface area (Å²) >= 11 is 0. The van der Waals surface area contributed by atoms with Gasteiger partial charge in [-0.2, -0.15) is 0 Å². The van der Waals surface area contributed by atoms with E-state index in [4.69, 9.17) is 0 Å². The van der Waals surface area contributed by atoms with Crippen molar-refractivity contribution in [2.75, 3.05) is 0 Å². The van der Waals surface area contributed by atoms with E-state index in [1.54, 1.807) is 0 Å². The number of carbonyl (C=O) groups excluding carboxylic acids is 2. The summed E-state index contributed by atoms with van der Waals surface area (Å²) in [6.45, 7) is 6.42. The van der Waals surface area contributed by atoms with Gasteiger partial charge in [0.1, 0.15) is 0 Å². The molecule has 0 fully saturated rings. The molecule has 0 spiro atoms. The van der Waals surface area contributed by atoms with Crippen LogP contribution in [0.4, 0.5) is 0 Å². The van der Waals surface area contributed by atoms with E-state index in [2.05, 4.69) is 6.58 Å². The van der Waals surface area contributed by atoms with Crippen molar-refractivity contribution in [1.29, 1.82) is 0 Å². The molecule has 0 aromatic carbocycles. The maximum Gasteiger partial charge on any atom is 2.00 e. The van der Waals surface area contributed by atoms with Crippen molar-refractivity contribution in [3.05, 3.63) is 12.2 Å². The van der Waals surface area contributed by atoms with Crippen LogP contribution in [-0.2, 0) is 26.7 Å². The van der Waals surface area contributed by atoms with Crippen LogP contribution in [-0.4, -0.2) is 11.9 Å². The van der Waals surface area contributed by atoms with Gasteiger partial charge in [-0.15, -0.1) is 0 Å². The molecule has 0 aliphatic rings. The number of carbonyl (C=O) groups is 2. The second kappa shape index (κ2) is 12.2. The summed E-state index contributed by atoms with van der Waals surface area (Å²) in [4.78, 5) is 19.1. The standard InChI is InChI=1S/C5H10O2.C4H6O2.Cu/c1-2-3-4-5(6)7;1-3(2)4(5)6;/h2-4H2,1H3,(H,6,7);1H2,2H3,(H,5,6);/q;;+2/p-2. The largest absolute Gasteiger partial charge is 2.00 e. The maximum atomic E-state index is 9.65. The molecule has 0 N–H and O–H groups in total. The molecule has 4 nitrogen and oxygen atoms in total. The average Bonchev–Trinajstić information content (AvgIpc) is 2.01. The van der Waals surface area contributed by atoms with Crippen molar-refractivity contribution in [3.8, 4) is 0 Å². The van der Waals surface area contributed by atoms with E-state index in [-0.39, 0.29) is 29.1 Å². The first-order valence-electron chi connectivity index (χ1n) is 3.98. The van der Waals surface area contributed by atoms with Gasteiger partial charge in [-0.05, 0) is 25.3 Å². The zero-order valence-electron chi connectivity index (χ0n) is 8.26. The van der Waals surface area contributed by atoms with Gasteiger partial charge in [0.25, 0.3) is 0 Å². The van der Waals surface area contributed by atoms with Gasteiger partial charge in [-0.3, -0.25) is 0 Å². The van der Waals surface area contributed by atoms with Crippen LogP contribution in [0.5, 0.6) is 0 Å². The topological polar surface area (TPSA) is 80.3 Å². The van der Waals surface area contributed by atoms with Gasteiger partial charge >= 0.3 is 17.1 Å². The molecule has 85 valence electrons. The van der Waals surface area contributed by atoms with Crippen molar-refractivity contribution in [3.63, 3.8) is 0 Å². The van der Waals surface area contributed by atoms with Gasteiger partial charge in [0, 0.05) is 5.97 Å². The van der Waals surface area contributed by atoms with E-state index in [0.29, 0.717) is 0 Å². The molecule has 0 aromatic heterocycles. The van der Waals surface area contributed by atoms with Crippen molar-refractivity contribution in [1.82, 2.24) is 0 Å². The van der Waals surface area contributed by atoms with Crippen LogP contribution in [0, 0.1) is 0 Å². The molecule has 1 radical (unpaired) electrons. The molecule has 0 bridgehead atoms. The van der Waals surface area contributed by atoms with Gasteiger partial charge in [0.05, 0.1) is 5.97 Å². The van der Waals surface area contributed by atoms with Crippen molar-refractivity contribution >= 4 is 11.9 Å². The number of hydrogen-bond donors (Lipinski definition) is 0. The van der Waals surface area contributed by atoms with E-state index in [1.807, 2.05) is 6.92 Å². The Morgan fingerprint density at radius 1 is 1.29 bits per heavy atom. The SMILES string of the molecule is C=C(C)C(=O)[O-].CCCCC(=O)[O-].[Cu+2]. The molecule has 0 amide bonds. The smallest absolute Gasteiger partial charge is 0.550 e. The first kappa shape index (κ1) is 18.9. The summed E-state index contributed by atoms with van der Waals surface area (Å²) in [5.41, 5.74) is 0.0648. The third kappa shape index (κ3) is 22.5. The van der Waals surface area contributed by atoms with E-state index in [0.717, 1.165) is 12.8 Å². The van der Waals surface area contributed by atoms with Crippen LogP contribution in [0.25, 0.3) is 0 Å². The molecular formula is C9H14CuO4. The van der Waals surface area contributed by atoms with Crippen molar-refractivity contribution < 1.29 is 36.9 Å². The fraction of sp³-hybridized carbons (Fsp3) is 0.556. The van der Waals surface area contributed by atoms with Gasteiger partial charge in [0.15, 0.2) is 0 Å². The number of rotatable bonds is 4. The molecule has 0 aliphatic heterocycles. The minimum Gasteiger partial charge on any atom is -0.550 e. The van der Waals surface area contributed by atoms with E-state index < -0.39 is 11.9 Å². The predicted octanol–water partition coefficient (Wildman–Crippen LogP) is -0.764. The van der Waals surface area contributed by atoms with Crippen LogP contribution >= 0.6 is 0 Å². The van der Waals surface area contributed by atoms with Crippen molar-refractivity contribution in [2.45, 2.75) is 33.1 Å². The second-order valence-electron chi connectivity index (χ2n) is 2.54. The molecular weight excluding hydrogens is 236 g/mol. The molecule has 0 rings (SSSR count). The Morgan fingerprint density at radius 3 is 1.71 bits per heavy atom. The third-order valence-corrected chi connectivity index (χ3v) is 1.08. The Balaban J connectivity index is -0.000000163. The average molecular weight is 250 g/mol. The first-order valence-corrected chi connectivity index (χ1v) is 3.98. The maximum absolute atomic E-state index is 9.65. The van der Waals surface area contributed by atoms with Crippen LogP contribution in [0.15, 0.2) is 12.2 Å². The Hall–Kier alpha value is -0.801. The summed E-state index contributed by atoms with van der Waals surface area (Å²) in [5.74, 6) is -2.13. The minimum absolute atomic E-state index is 0. The zero-order chi connectivity index (χ0) is 10.9.